The first-order valence-corrected chi connectivity index (χ1v) is 8.65. The molecule has 7 heteroatoms. The van der Waals surface area contributed by atoms with Crippen molar-refractivity contribution in [3.8, 4) is 0 Å². The minimum atomic E-state index is -3.83. The fraction of sp³-hybridized carbons (Fsp3) is 0.462. The summed E-state index contributed by atoms with van der Waals surface area (Å²) in [6, 6.07) is 4.24. The number of carbonyl (C=O) groups is 1. The molecule has 1 aromatic rings. The Morgan fingerprint density at radius 2 is 2.00 bits per heavy atom. The predicted molar refractivity (Wildman–Crippen MR) is 82.0 cm³/mol. The van der Waals surface area contributed by atoms with Crippen LogP contribution in [0.4, 0.5) is 0 Å². The van der Waals surface area contributed by atoms with Crippen LogP contribution in [-0.4, -0.2) is 31.8 Å². The Bertz CT molecular complexity index is 600. The van der Waals surface area contributed by atoms with E-state index in [1.807, 2.05) is 20.8 Å². The average molecular weight is 363 g/mol. The number of primary sulfonamides is 1. The van der Waals surface area contributed by atoms with Gasteiger partial charge in [0.05, 0.1) is 10.5 Å². The zero-order valence-corrected chi connectivity index (χ0v) is 14.2. The highest BCUT2D eigenvalue weighted by atomic mass is 79.9. The van der Waals surface area contributed by atoms with Crippen molar-refractivity contribution in [2.45, 2.75) is 38.1 Å². The first-order chi connectivity index (χ1) is 9.18. The van der Waals surface area contributed by atoms with Gasteiger partial charge in [0.15, 0.2) is 0 Å². The lowest BCUT2D eigenvalue weighted by atomic mass is 10.1. The molecule has 0 aliphatic rings. The van der Waals surface area contributed by atoms with Crippen molar-refractivity contribution in [2.75, 3.05) is 6.54 Å². The van der Waals surface area contributed by atoms with E-state index >= 15 is 0 Å². The van der Waals surface area contributed by atoms with Gasteiger partial charge in [0.1, 0.15) is 0 Å². The number of amides is 1. The Labute approximate surface area is 128 Å². The van der Waals surface area contributed by atoms with Crippen molar-refractivity contribution in [1.29, 1.82) is 0 Å². The van der Waals surface area contributed by atoms with Crippen LogP contribution in [0.15, 0.2) is 27.6 Å². The average Bonchev–Trinajstić information content (AvgIpc) is 2.34. The number of halogens is 1. The third-order valence-electron chi connectivity index (χ3n) is 2.85. The van der Waals surface area contributed by atoms with E-state index in [2.05, 4.69) is 15.9 Å². The number of hydrogen-bond donors (Lipinski definition) is 1. The molecule has 0 saturated heterocycles. The number of hydrogen-bond acceptors (Lipinski definition) is 3. The third kappa shape index (κ3) is 4.04. The molecular formula is C13H19BrN2O3S. The lowest BCUT2D eigenvalue weighted by Crippen LogP contribution is -2.37. The Balaban J connectivity index is 3.27. The standard InChI is InChI=1S/C13H19BrN2O3S/c1-4-7-16(9(2)3)13(17)11-8-10(20(15,18)19)5-6-12(11)14/h5-6,8-9H,4,7H2,1-3H3,(H2,15,18,19). The Morgan fingerprint density at radius 1 is 1.40 bits per heavy atom. The normalized spacial score (nSPS) is 11.7. The fourth-order valence-corrected chi connectivity index (χ4v) is 2.79. The zero-order chi connectivity index (χ0) is 15.5. The molecule has 0 radical (unpaired) electrons. The van der Waals surface area contributed by atoms with Gasteiger partial charge in [0, 0.05) is 17.1 Å². The molecule has 0 atom stereocenters. The lowest BCUT2D eigenvalue weighted by molar-refractivity contribution is 0.0704. The smallest absolute Gasteiger partial charge is 0.255 e. The van der Waals surface area contributed by atoms with E-state index < -0.39 is 10.0 Å². The van der Waals surface area contributed by atoms with Gasteiger partial charge in [-0.2, -0.15) is 0 Å². The van der Waals surface area contributed by atoms with Crippen molar-refractivity contribution >= 4 is 31.9 Å². The monoisotopic (exact) mass is 362 g/mol. The molecule has 0 aliphatic carbocycles. The maximum Gasteiger partial charge on any atom is 0.255 e. The van der Waals surface area contributed by atoms with Crippen LogP contribution in [0.25, 0.3) is 0 Å². The molecule has 1 rings (SSSR count). The van der Waals surface area contributed by atoms with Crippen molar-refractivity contribution in [3.05, 3.63) is 28.2 Å². The van der Waals surface area contributed by atoms with E-state index in [9.17, 15) is 13.2 Å². The molecule has 1 aromatic carbocycles. The molecular weight excluding hydrogens is 344 g/mol. The summed E-state index contributed by atoms with van der Waals surface area (Å²) in [4.78, 5) is 14.2. The van der Waals surface area contributed by atoms with E-state index in [4.69, 9.17) is 5.14 Å². The first kappa shape index (κ1) is 17.1. The van der Waals surface area contributed by atoms with Gasteiger partial charge < -0.3 is 4.90 Å². The number of carbonyl (C=O) groups excluding carboxylic acids is 1. The Hall–Kier alpha value is -0.920. The highest BCUT2D eigenvalue weighted by Crippen LogP contribution is 2.23. The van der Waals surface area contributed by atoms with Crippen molar-refractivity contribution in [2.24, 2.45) is 5.14 Å². The summed E-state index contributed by atoms with van der Waals surface area (Å²) in [6.07, 6.45) is 0.830. The van der Waals surface area contributed by atoms with E-state index in [-0.39, 0.29) is 16.8 Å². The molecule has 0 heterocycles. The quantitative estimate of drug-likeness (QED) is 0.872. The minimum Gasteiger partial charge on any atom is -0.336 e. The van der Waals surface area contributed by atoms with Crippen LogP contribution in [0.5, 0.6) is 0 Å². The second kappa shape index (κ2) is 6.69. The van der Waals surface area contributed by atoms with E-state index in [0.717, 1.165) is 6.42 Å². The molecule has 20 heavy (non-hydrogen) atoms. The molecule has 0 spiro atoms. The number of rotatable bonds is 5. The minimum absolute atomic E-state index is 0.0347. The molecule has 0 saturated carbocycles. The molecule has 5 nitrogen and oxygen atoms in total. The van der Waals surface area contributed by atoms with Gasteiger partial charge in [-0.15, -0.1) is 0 Å². The second-order valence-electron chi connectivity index (χ2n) is 4.78. The number of sulfonamides is 1. The van der Waals surface area contributed by atoms with Gasteiger partial charge >= 0.3 is 0 Å². The molecule has 1 amide bonds. The molecule has 0 unspecified atom stereocenters. The van der Waals surface area contributed by atoms with E-state index in [1.165, 1.54) is 18.2 Å². The zero-order valence-electron chi connectivity index (χ0n) is 11.8. The Kier molecular flexibility index (Phi) is 5.73. The van der Waals surface area contributed by atoms with Crippen LogP contribution in [0.1, 0.15) is 37.6 Å². The van der Waals surface area contributed by atoms with Crippen LogP contribution in [0, 0.1) is 0 Å². The van der Waals surface area contributed by atoms with E-state index in [1.54, 1.807) is 4.90 Å². The fourth-order valence-electron chi connectivity index (χ4n) is 1.84. The van der Waals surface area contributed by atoms with Gasteiger partial charge in [-0.05, 0) is 54.4 Å². The molecule has 2 N–H and O–H groups in total. The lowest BCUT2D eigenvalue weighted by Gasteiger charge is -2.27. The van der Waals surface area contributed by atoms with Crippen LogP contribution in [0.2, 0.25) is 0 Å². The SMILES string of the molecule is CCCN(C(=O)c1cc(S(N)(=O)=O)ccc1Br)C(C)C. The summed E-state index contributed by atoms with van der Waals surface area (Å²) >= 11 is 3.28. The largest absolute Gasteiger partial charge is 0.336 e. The summed E-state index contributed by atoms with van der Waals surface area (Å²) in [5, 5.41) is 5.10. The molecule has 0 bridgehead atoms. The predicted octanol–water partition coefficient (Wildman–Crippen LogP) is 2.36. The van der Waals surface area contributed by atoms with Gasteiger partial charge in [-0.3, -0.25) is 4.79 Å². The second-order valence-corrected chi connectivity index (χ2v) is 7.19. The number of nitrogens with zero attached hydrogens (tertiary/aromatic N) is 1. The molecule has 0 aromatic heterocycles. The summed E-state index contributed by atoms with van der Waals surface area (Å²) < 4.78 is 23.3. The number of nitrogens with two attached hydrogens (primary N) is 1. The van der Waals surface area contributed by atoms with Crippen LogP contribution < -0.4 is 5.14 Å². The number of benzene rings is 1. The summed E-state index contributed by atoms with van der Waals surface area (Å²) in [5.41, 5.74) is 0.304. The van der Waals surface area contributed by atoms with Crippen molar-refractivity contribution < 1.29 is 13.2 Å². The van der Waals surface area contributed by atoms with E-state index in [0.29, 0.717) is 16.6 Å². The Morgan fingerprint density at radius 3 is 2.45 bits per heavy atom. The first-order valence-electron chi connectivity index (χ1n) is 6.31. The molecule has 0 aliphatic heterocycles. The summed E-state index contributed by atoms with van der Waals surface area (Å²) in [7, 11) is -3.83. The van der Waals surface area contributed by atoms with Crippen molar-refractivity contribution in [3.63, 3.8) is 0 Å². The highest BCUT2D eigenvalue weighted by molar-refractivity contribution is 9.10. The van der Waals surface area contributed by atoms with Crippen LogP contribution in [0.3, 0.4) is 0 Å². The van der Waals surface area contributed by atoms with Gasteiger partial charge in [0.2, 0.25) is 10.0 Å². The summed E-state index contributed by atoms with van der Waals surface area (Å²) in [5.74, 6) is -0.209. The van der Waals surface area contributed by atoms with Crippen LogP contribution >= 0.6 is 15.9 Å². The van der Waals surface area contributed by atoms with Gasteiger partial charge in [-0.1, -0.05) is 6.92 Å². The highest BCUT2D eigenvalue weighted by Gasteiger charge is 2.22. The molecule has 0 fully saturated rings. The third-order valence-corrected chi connectivity index (χ3v) is 4.45. The topological polar surface area (TPSA) is 80.5 Å². The van der Waals surface area contributed by atoms with Gasteiger partial charge in [0.25, 0.3) is 5.91 Å². The van der Waals surface area contributed by atoms with Crippen molar-refractivity contribution in [1.82, 2.24) is 4.90 Å². The maximum atomic E-state index is 12.5. The maximum absolute atomic E-state index is 12.5. The van der Waals surface area contributed by atoms with Crippen LogP contribution in [-0.2, 0) is 10.0 Å². The summed E-state index contributed by atoms with van der Waals surface area (Å²) in [6.45, 7) is 6.44. The van der Waals surface area contributed by atoms with Gasteiger partial charge in [-0.25, -0.2) is 13.6 Å². The molecule has 112 valence electrons.